The molecule has 1 aliphatic heterocycles. The minimum Gasteiger partial charge on any atom is -0.387 e. The molecule has 0 aliphatic carbocycles. The number of ether oxygens (including phenoxy) is 1. The van der Waals surface area contributed by atoms with Gasteiger partial charge in [0.05, 0.1) is 77.2 Å². The minimum atomic E-state index is -1.66. The summed E-state index contributed by atoms with van der Waals surface area (Å²) in [6.07, 6.45) is 3.64. The second-order valence-electron chi connectivity index (χ2n) is 9.62. The maximum Gasteiger partial charge on any atom is 0.255 e. The smallest absolute Gasteiger partial charge is 0.255 e. The van der Waals surface area contributed by atoms with Gasteiger partial charge in [-0.2, -0.15) is 10.4 Å². The van der Waals surface area contributed by atoms with Gasteiger partial charge in [-0.25, -0.2) is 8.91 Å². The number of nitrogens with one attached hydrogen (secondary N) is 2. The molecular weight excluding hydrogens is 489 g/mol. The van der Waals surface area contributed by atoms with Crippen LogP contribution >= 0.6 is 0 Å². The quantitative estimate of drug-likeness (QED) is 0.341. The third kappa shape index (κ3) is 5.18. The molecule has 0 bridgehead atoms. The van der Waals surface area contributed by atoms with E-state index in [9.17, 15) is 14.3 Å². The van der Waals surface area contributed by atoms with Gasteiger partial charge in [0.15, 0.2) is 0 Å². The first kappa shape index (κ1) is 25.3. The van der Waals surface area contributed by atoms with Gasteiger partial charge in [0.2, 0.25) is 0 Å². The molecule has 10 nitrogen and oxygen atoms in total. The molecule has 194 valence electrons. The predicted octanol–water partition coefficient (Wildman–Crippen LogP) is 3.32. The Morgan fingerprint density at radius 2 is 2.11 bits per heavy atom. The maximum absolute atomic E-state index is 14.3. The number of hydrogen-bond donors (Lipinski definition) is 3. The summed E-state index contributed by atoms with van der Waals surface area (Å²) in [5.74, 6) is -0.551. The molecule has 4 aromatic rings. The molecular formula is C27H26FN7O3. The zero-order chi connectivity index (χ0) is 26.9. The number of aromatic nitrogens is 4. The summed E-state index contributed by atoms with van der Waals surface area (Å²) in [6.45, 7) is 3.40. The van der Waals surface area contributed by atoms with Crippen LogP contribution in [0.5, 0.6) is 0 Å². The van der Waals surface area contributed by atoms with E-state index in [1.807, 2.05) is 18.2 Å². The first-order valence-electron chi connectivity index (χ1n) is 12.1. The molecule has 0 aromatic carbocycles. The fourth-order valence-corrected chi connectivity index (χ4v) is 4.12. The molecule has 1 atom stereocenters. The number of halogens is 1. The highest BCUT2D eigenvalue weighted by Crippen LogP contribution is 2.29. The van der Waals surface area contributed by atoms with Crippen LogP contribution in [0.4, 0.5) is 15.8 Å². The molecule has 5 heterocycles. The predicted molar refractivity (Wildman–Crippen MR) is 138 cm³/mol. The highest BCUT2D eigenvalue weighted by Gasteiger charge is 2.27. The number of anilines is 2. The van der Waals surface area contributed by atoms with E-state index in [0.717, 1.165) is 23.2 Å². The van der Waals surface area contributed by atoms with Crippen LogP contribution in [0.2, 0.25) is 0 Å². The zero-order valence-electron chi connectivity index (χ0n) is 20.9. The molecule has 1 amide bonds. The van der Waals surface area contributed by atoms with Gasteiger partial charge >= 0.3 is 0 Å². The second-order valence-corrected chi connectivity index (χ2v) is 9.62. The minimum absolute atomic E-state index is 0.186. The monoisotopic (exact) mass is 515 g/mol. The van der Waals surface area contributed by atoms with Crippen molar-refractivity contribution in [2.24, 2.45) is 0 Å². The summed E-state index contributed by atoms with van der Waals surface area (Å²) in [4.78, 5) is 22.1. The van der Waals surface area contributed by atoms with Crippen LogP contribution in [0.15, 0.2) is 48.9 Å². The van der Waals surface area contributed by atoms with Crippen LogP contribution < -0.4 is 10.6 Å². The number of amides is 1. The Morgan fingerprint density at radius 3 is 2.89 bits per heavy atom. The van der Waals surface area contributed by atoms with Crippen molar-refractivity contribution < 1.29 is 19.0 Å². The number of pyridine rings is 2. The molecule has 1 unspecified atom stereocenters. The van der Waals surface area contributed by atoms with Gasteiger partial charge in [-0.15, -0.1) is 0 Å². The summed E-state index contributed by atoms with van der Waals surface area (Å²) in [6, 6.07) is 11.1. The number of fused-ring (bicyclic) bond motifs is 2. The van der Waals surface area contributed by atoms with Crippen molar-refractivity contribution in [1.82, 2.24) is 24.9 Å². The van der Waals surface area contributed by atoms with Gasteiger partial charge in [-0.1, -0.05) is 0 Å². The number of nitriles is 1. The van der Waals surface area contributed by atoms with Crippen molar-refractivity contribution in [2.75, 3.05) is 18.5 Å². The molecule has 1 aliphatic rings. The zero-order valence-corrected chi connectivity index (χ0v) is 20.9. The number of aliphatic hydroxyl groups is 1. The average molecular weight is 516 g/mol. The number of carbonyl (C=O) groups is 1. The topological polar surface area (TPSA) is 137 Å². The molecule has 4 aromatic heterocycles. The van der Waals surface area contributed by atoms with Crippen molar-refractivity contribution in [3.63, 3.8) is 0 Å². The summed E-state index contributed by atoms with van der Waals surface area (Å²) < 4.78 is 21.5. The van der Waals surface area contributed by atoms with Crippen molar-refractivity contribution >= 4 is 22.8 Å². The van der Waals surface area contributed by atoms with Crippen LogP contribution in [0.25, 0.3) is 16.9 Å². The molecule has 0 fully saturated rings. The lowest BCUT2D eigenvalue weighted by molar-refractivity contribution is -0.00177. The summed E-state index contributed by atoms with van der Waals surface area (Å²) in [5, 5.41) is 29.2. The highest BCUT2D eigenvalue weighted by atomic mass is 19.1. The number of nitrogens with zero attached hydrogens (tertiary/aromatic N) is 5. The van der Waals surface area contributed by atoms with Crippen LogP contribution in [0.3, 0.4) is 0 Å². The molecule has 11 heteroatoms. The largest absolute Gasteiger partial charge is 0.387 e. The van der Waals surface area contributed by atoms with E-state index < -0.39 is 17.7 Å². The summed E-state index contributed by atoms with van der Waals surface area (Å²) in [5.41, 5.74) is 3.93. The molecule has 0 saturated heterocycles. The van der Waals surface area contributed by atoms with Crippen LogP contribution in [0.1, 0.15) is 41.0 Å². The van der Waals surface area contributed by atoms with E-state index in [-0.39, 0.29) is 12.1 Å². The number of hydrogen-bond acceptors (Lipinski definition) is 8. The van der Waals surface area contributed by atoms with E-state index in [1.165, 1.54) is 26.2 Å². The lowest BCUT2D eigenvalue weighted by Crippen LogP contribution is -2.42. The summed E-state index contributed by atoms with van der Waals surface area (Å²) >= 11 is 0. The first-order valence-corrected chi connectivity index (χ1v) is 12.1. The van der Waals surface area contributed by atoms with Gasteiger partial charge in [-0.05, 0) is 44.2 Å². The van der Waals surface area contributed by atoms with E-state index in [2.05, 4.69) is 31.8 Å². The molecule has 5 rings (SSSR count). The number of rotatable bonds is 7. The van der Waals surface area contributed by atoms with Crippen molar-refractivity contribution in [3.8, 4) is 17.5 Å². The fourth-order valence-electron chi connectivity index (χ4n) is 4.12. The molecule has 38 heavy (non-hydrogen) atoms. The third-order valence-electron chi connectivity index (χ3n) is 6.33. The standard InChI is InChI=1S/C27H26FN7O3/c1-27(2,37)25(28)14-32-26(36)20-13-31-23(24-4-3-19-7-16(10-29)11-33-35(19)24)9-22(20)34-18-8-17-15-38-6-5-21(17)30-12-18/h3-4,7-9,11-13,25,37H,5-6,14-15H2,1-2H3,(H,31,34)(H,32,36). The van der Waals surface area contributed by atoms with Crippen molar-refractivity contribution in [2.45, 2.75) is 38.6 Å². The van der Waals surface area contributed by atoms with E-state index in [0.29, 0.717) is 41.5 Å². The lowest BCUT2D eigenvalue weighted by Gasteiger charge is -2.22. The Labute approximate surface area is 218 Å². The van der Waals surface area contributed by atoms with E-state index in [4.69, 9.17) is 10.00 Å². The first-order chi connectivity index (χ1) is 18.2. The fraction of sp³-hybridized carbons (Fsp3) is 0.296. The second kappa shape index (κ2) is 10.2. The average Bonchev–Trinajstić information content (AvgIpc) is 3.34. The molecule has 3 N–H and O–H groups in total. The molecule has 0 spiro atoms. The molecule has 0 saturated carbocycles. The van der Waals surface area contributed by atoms with E-state index >= 15 is 0 Å². The summed E-state index contributed by atoms with van der Waals surface area (Å²) in [7, 11) is 0. The van der Waals surface area contributed by atoms with Crippen molar-refractivity contribution in [1.29, 1.82) is 5.26 Å². The van der Waals surface area contributed by atoms with Crippen LogP contribution in [-0.4, -0.2) is 55.5 Å². The maximum atomic E-state index is 14.3. The van der Waals surface area contributed by atoms with Crippen LogP contribution in [0, 0.1) is 11.3 Å². The van der Waals surface area contributed by atoms with Gasteiger partial charge < -0.3 is 20.5 Å². The van der Waals surface area contributed by atoms with Crippen molar-refractivity contribution in [3.05, 3.63) is 71.3 Å². The Hall–Kier alpha value is -4.40. The number of carbonyl (C=O) groups excluding carboxylic acids is 1. The lowest BCUT2D eigenvalue weighted by atomic mass is 10.0. The van der Waals surface area contributed by atoms with Gasteiger partial charge in [-0.3, -0.25) is 14.8 Å². The Balaban J connectivity index is 1.51. The SMILES string of the molecule is CC(C)(O)C(F)CNC(=O)c1cnc(-c2ccc3cc(C#N)cnn23)cc1Nc1cnc2c(c1)COCC2. The van der Waals surface area contributed by atoms with Crippen LogP contribution in [-0.2, 0) is 17.8 Å². The Kier molecular flexibility index (Phi) is 6.75. The Bertz CT molecular complexity index is 1550. The molecule has 0 radical (unpaired) electrons. The van der Waals surface area contributed by atoms with Gasteiger partial charge in [0.25, 0.3) is 5.91 Å². The Morgan fingerprint density at radius 1 is 1.26 bits per heavy atom. The van der Waals surface area contributed by atoms with Gasteiger partial charge in [0, 0.05) is 23.9 Å². The normalized spacial score (nSPS) is 14.0. The van der Waals surface area contributed by atoms with E-state index in [1.54, 1.807) is 22.8 Å². The third-order valence-corrected chi connectivity index (χ3v) is 6.33. The van der Waals surface area contributed by atoms with Gasteiger partial charge in [0.1, 0.15) is 12.2 Å². The number of alkyl halides is 1. The highest BCUT2D eigenvalue weighted by molar-refractivity contribution is 6.00.